The molecule has 6 nitrogen and oxygen atoms in total. The molecule has 0 N–H and O–H groups in total. The zero-order chi connectivity index (χ0) is 35.6. The number of nitrogens with zero attached hydrogens (tertiary/aromatic N) is 2. The second-order valence-electron chi connectivity index (χ2n) is 12.0. The van der Waals surface area contributed by atoms with Gasteiger partial charge in [0.15, 0.2) is 0 Å². The highest BCUT2D eigenvalue weighted by molar-refractivity contribution is 6.30. The minimum absolute atomic E-state index is 0.350. The number of hydrogen-bond acceptors (Lipinski definition) is 6. The summed E-state index contributed by atoms with van der Waals surface area (Å²) >= 11 is 12.1. The summed E-state index contributed by atoms with van der Waals surface area (Å²) in [5.74, 6) is -0.335. The van der Waals surface area contributed by atoms with E-state index < -0.39 is 11.9 Å². The largest absolute Gasteiger partial charge is 0.423 e. The van der Waals surface area contributed by atoms with Crippen molar-refractivity contribution < 1.29 is 19.1 Å². The topological polar surface area (TPSA) is 78.4 Å². The molecule has 0 unspecified atom stereocenters. The van der Waals surface area contributed by atoms with Gasteiger partial charge < -0.3 is 9.47 Å². The molecule has 0 amide bonds. The zero-order valence-electron chi connectivity index (χ0n) is 27.3. The van der Waals surface area contributed by atoms with E-state index in [0.717, 1.165) is 22.3 Å². The predicted octanol–water partition coefficient (Wildman–Crippen LogP) is 11.5. The van der Waals surface area contributed by atoms with E-state index in [1.807, 2.05) is 97.1 Å². The van der Waals surface area contributed by atoms with Gasteiger partial charge in [0.25, 0.3) is 0 Å². The van der Waals surface area contributed by atoms with Gasteiger partial charge in [-0.25, -0.2) is 19.6 Å². The number of aromatic nitrogens is 2. The number of carbonyl (C=O) groups excluding carboxylic acids is 2. The van der Waals surface area contributed by atoms with Crippen molar-refractivity contribution in [3.05, 3.63) is 179 Å². The molecule has 0 saturated heterocycles. The molecule has 8 heteroatoms. The second kappa shape index (κ2) is 14.1. The lowest BCUT2D eigenvalue weighted by molar-refractivity contribution is 0.0727. The highest BCUT2D eigenvalue weighted by Gasteiger charge is 2.20. The number of hydrogen-bond donors (Lipinski definition) is 0. The van der Waals surface area contributed by atoms with Crippen LogP contribution in [-0.4, -0.2) is 21.9 Å². The fourth-order valence-electron chi connectivity index (χ4n) is 5.99. The van der Waals surface area contributed by atoms with E-state index in [0.29, 0.717) is 65.9 Å². The first-order valence-corrected chi connectivity index (χ1v) is 17.1. The number of ether oxygens (including phenoxy) is 2. The maximum atomic E-state index is 13.8. The lowest BCUT2D eigenvalue weighted by Crippen LogP contribution is -2.10. The molecule has 250 valence electrons. The minimum atomic E-state index is -0.535. The van der Waals surface area contributed by atoms with Gasteiger partial charge in [0.05, 0.1) is 33.5 Å². The SMILES string of the molecule is O=C(Oc1ccc(Cl)cc1)c1cc(-c2ccccc2)nc2ccc(-c3ccc4nc(-c5ccccc5)cc(C(=O)Oc5ccc(Cl)cc5)c4c3)cc12. The number of halogens is 2. The molecule has 2 aromatic heterocycles. The molecule has 52 heavy (non-hydrogen) atoms. The number of benzene rings is 6. The van der Waals surface area contributed by atoms with E-state index in [4.69, 9.17) is 42.6 Å². The van der Waals surface area contributed by atoms with E-state index in [1.165, 1.54) is 0 Å². The molecule has 0 bridgehead atoms. The summed E-state index contributed by atoms with van der Waals surface area (Å²) < 4.78 is 11.6. The Kier molecular flexibility index (Phi) is 8.91. The van der Waals surface area contributed by atoms with Gasteiger partial charge in [-0.3, -0.25) is 0 Å². The molecule has 6 aromatic carbocycles. The van der Waals surface area contributed by atoms with Crippen molar-refractivity contribution in [2.75, 3.05) is 0 Å². The molecular weight excluding hydrogens is 691 g/mol. The Balaban J connectivity index is 1.25. The van der Waals surface area contributed by atoms with Crippen LogP contribution in [0.5, 0.6) is 11.5 Å². The van der Waals surface area contributed by atoms with Crippen LogP contribution in [0.15, 0.2) is 158 Å². The van der Waals surface area contributed by atoms with E-state index >= 15 is 0 Å². The van der Waals surface area contributed by atoms with Crippen molar-refractivity contribution in [1.82, 2.24) is 9.97 Å². The van der Waals surface area contributed by atoms with Crippen molar-refractivity contribution in [3.8, 4) is 45.1 Å². The molecule has 0 atom stereocenters. The normalized spacial score (nSPS) is 11.0. The second-order valence-corrected chi connectivity index (χ2v) is 12.9. The Hall–Kier alpha value is -6.34. The van der Waals surface area contributed by atoms with Gasteiger partial charge in [0, 0.05) is 31.9 Å². The molecule has 0 saturated carbocycles. The zero-order valence-corrected chi connectivity index (χ0v) is 28.8. The Labute approximate surface area is 308 Å². The standard InChI is InChI=1S/C44H26Cl2N2O4/c45-31-13-17-33(18-14-31)51-43(49)37-25-41(27-7-3-1-4-8-27)47-39-21-11-29(23-35(37)39)30-12-22-40-36(24-30)38(26-42(48-40)28-9-5-2-6-10-28)44(50)52-34-19-15-32(46)16-20-34/h1-26H. The third-order valence-electron chi connectivity index (χ3n) is 8.58. The predicted molar refractivity (Wildman–Crippen MR) is 206 cm³/mol. The third-order valence-corrected chi connectivity index (χ3v) is 9.08. The smallest absolute Gasteiger partial charge is 0.344 e. The summed E-state index contributed by atoms with van der Waals surface area (Å²) in [6.45, 7) is 0. The molecular formula is C44H26Cl2N2O4. The fraction of sp³-hybridized carbons (Fsp3) is 0. The molecule has 8 rings (SSSR count). The molecule has 0 aliphatic carbocycles. The molecule has 0 aliphatic rings. The van der Waals surface area contributed by atoms with Crippen molar-refractivity contribution >= 4 is 56.9 Å². The molecule has 2 heterocycles. The monoisotopic (exact) mass is 716 g/mol. The van der Waals surface area contributed by atoms with Crippen LogP contribution in [0.1, 0.15) is 20.7 Å². The minimum Gasteiger partial charge on any atom is -0.423 e. The molecule has 0 radical (unpaired) electrons. The van der Waals surface area contributed by atoms with Crippen LogP contribution < -0.4 is 9.47 Å². The lowest BCUT2D eigenvalue weighted by Gasteiger charge is -2.13. The van der Waals surface area contributed by atoms with Crippen molar-refractivity contribution in [2.24, 2.45) is 0 Å². The first-order valence-electron chi connectivity index (χ1n) is 16.3. The molecule has 0 aliphatic heterocycles. The first kappa shape index (κ1) is 32.8. The summed E-state index contributed by atoms with van der Waals surface area (Å²) in [6, 6.07) is 47.5. The Bertz CT molecular complexity index is 2430. The lowest BCUT2D eigenvalue weighted by atomic mass is 9.96. The van der Waals surface area contributed by atoms with E-state index in [9.17, 15) is 9.59 Å². The van der Waals surface area contributed by atoms with E-state index in [2.05, 4.69) is 0 Å². The third kappa shape index (κ3) is 6.86. The van der Waals surface area contributed by atoms with Crippen LogP contribution in [-0.2, 0) is 0 Å². The maximum absolute atomic E-state index is 13.8. The summed E-state index contributed by atoms with van der Waals surface area (Å²) in [7, 11) is 0. The maximum Gasteiger partial charge on any atom is 0.344 e. The number of carbonyl (C=O) groups is 2. The van der Waals surface area contributed by atoms with Gasteiger partial charge in [-0.05, 0) is 96.1 Å². The number of pyridine rings is 2. The first-order chi connectivity index (χ1) is 25.4. The van der Waals surface area contributed by atoms with Crippen molar-refractivity contribution in [3.63, 3.8) is 0 Å². The van der Waals surface area contributed by atoms with Crippen LogP contribution in [0, 0.1) is 0 Å². The van der Waals surface area contributed by atoms with Crippen LogP contribution in [0.4, 0.5) is 0 Å². The molecule has 0 spiro atoms. The molecule has 0 fully saturated rings. The van der Waals surface area contributed by atoms with Gasteiger partial charge >= 0.3 is 11.9 Å². The van der Waals surface area contributed by atoms with Crippen LogP contribution in [0.2, 0.25) is 10.0 Å². The van der Waals surface area contributed by atoms with Gasteiger partial charge in [0.2, 0.25) is 0 Å². The van der Waals surface area contributed by atoms with Gasteiger partial charge in [0.1, 0.15) is 11.5 Å². The van der Waals surface area contributed by atoms with Crippen molar-refractivity contribution in [2.45, 2.75) is 0 Å². The van der Waals surface area contributed by atoms with Crippen LogP contribution >= 0.6 is 23.2 Å². The highest BCUT2D eigenvalue weighted by atomic mass is 35.5. The fourth-order valence-corrected chi connectivity index (χ4v) is 6.24. The van der Waals surface area contributed by atoms with Gasteiger partial charge in [-0.15, -0.1) is 0 Å². The van der Waals surface area contributed by atoms with Crippen molar-refractivity contribution in [1.29, 1.82) is 0 Å². The summed E-state index contributed by atoms with van der Waals surface area (Å²) in [5, 5.41) is 2.29. The summed E-state index contributed by atoms with van der Waals surface area (Å²) in [4.78, 5) is 37.4. The summed E-state index contributed by atoms with van der Waals surface area (Å²) in [6.07, 6.45) is 0. The number of fused-ring (bicyclic) bond motifs is 2. The number of esters is 2. The van der Waals surface area contributed by atoms with Crippen LogP contribution in [0.3, 0.4) is 0 Å². The highest BCUT2D eigenvalue weighted by Crippen LogP contribution is 2.34. The van der Waals surface area contributed by atoms with E-state index in [-0.39, 0.29) is 0 Å². The average Bonchev–Trinajstić information content (AvgIpc) is 3.19. The molecule has 8 aromatic rings. The average molecular weight is 718 g/mol. The van der Waals surface area contributed by atoms with E-state index in [1.54, 1.807) is 60.7 Å². The Morgan fingerprint density at radius 3 is 1.19 bits per heavy atom. The Morgan fingerprint density at radius 1 is 0.423 bits per heavy atom. The van der Waals surface area contributed by atoms with Gasteiger partial charge in [-0.2, -0.15) is 0 Å². The van der Waals surface area contributed by atoms with Crippen LogP contribution in [0.25, 0.3) is 55.4 Å². The number of rotatable bonds is 7. The summed E-state index contributed by atoms with van der Waals surface area (Å²) in [5.41, 5.74) is 6.54. The van der Waals surface area contributed by atoms with Gasteiger partial charge in [-0.1, -0.05) is 96.0 Å². The Morgan fingerprint density at radius 2 is 0.808 bits per heavy atom. The quantitative estimate of drug-likeness (QED) is 0.121.